The lowest BCUT2D eigenvalue weighted by Gasteiger charge is -2.14. The molecule has 0 unspecified atom stereocenters. The molecule has 0 atom stereocenters. The van der Waals surface area contributed by atoms with Crippen LogP contribution >= 0.6 is 12.4 Å². The van der Waals surface area contributed by atoms with Crippen LogP contribution in [0.4, 0.5) is 13.2 Å². The zero-order valence-corrected chi connectivity index (χ0v) is 13.1. The molecule has 1 aromatic rings. The third kappa shape index (κ3) is 4.60. The van der Waals surface area contributed by atoms with Gasteiger partial charge in [-0.2, -0.15) is 18.2 Å². The molecule has 4 N–H and O–H groups in total. The summed E-state index contributed by atoms with van der Waals surface area (Å²) in [5.41, 5.74) is 8.13. The Hall–Kier alpha value is -1.81. The minimum Gasteiger partial charge on any atom is -0.370 e. The van der Waals surface area contributed by atoms with Gasteiger partial charge in [0, 0.05) is 11.8 Å². The van der Waals surface area contributed by atoms with Crippen molar-refractivity contribution in [1.29, 1.82) is 0 Å². The SMILES string of the molecule is Cc1cc(S(C)(=O)=O)c(C(F)(F)F)cc1C(=O)N=C(N)N.Cl. The number of amides is 1. The number of guanidine groups is 1. The van der Waals surface area contributed by atoms with E-state index >= 15 is 0 Å². The first-order chi connectivity index (χ1) is 9.34. The Morgan fingerprint density at radius 1 is 1.23 bits per heavy atom. The number of nitrogens with two attached hydrogens (primary N) is 2. The van der Waals surface area contributed by atoms with Gasteiger partial charge >= 0.3 is 6.18 Å². The fourth-order valence-corrected chi connectivity index (χ4v) is 2.58. The molecule has 0 fully saturated rings. The summed E-state index contributed by atoms with van der Waals surface area (Å²) in [6, 6.07) is 1.20. The molecule has 124 valence electrons. The van der Waals surface area contributed by atoms with Crippen LogP contribution in [0.2, 0.25) is 0 Å². The predicted molar refractivity (Wildman–Crippen MR) is 76.7 cm³/mol. The largest absolute Gasteiger partial charge is 0.417 e. The number of aryl methyl sites for hydroxylation is 1. The molecule has 1 aromatic carbocycles. The van der Waals surface area contributed by atoms with E-state index in [0.717, 1.165) is 6.07 Å². The molecule has 0 saturated carbocycles. The number of hydrogen-bond acceptors (Lipinski definition) is 3. The van der Waals surface area contributed by atoms with Crippen LogP contribution in [-0.2, 0) is 16.0 Å². The van der Waals surface area contributed by atoms with Gasteiger partial charge in [0.1, 0.15) is 0 Å². The molecule has 0 aliphatic rings. The maximum atomic E-state index is 13.0. The van der Waals surface area contributed by atoms with Crippen molar-refractivity contribution in [3.05, 3.63) is 28.8 Å². The van der Waals surface area contributed by atoms with Crippen molar-refractivity contribution in [1.82, 2.24) is 0 Å². The van der Waals surface area contributed by atoms with Gasteiger partial charge in [-0.3, -0.25) is 4.79 Å². The second kappa shape index (κ2) is 6.53. The molecule has 1 amide bonds. The first kappa shape index (κ1) is 20.2. The van der Waals surface area contributed by atoms with Crippen molar-refractivity contribution in [2.45, 2.75) is 18.0 Å². The van der Waals surface area contributed by atoms with E-state index < -0.39 is 43.9 Å². The highest BCUT2D eigenvalue weighted by atomic mass is 35.5. The lowest BCUT2D eigenvalue weighted by Crippen LogP contribution is -2.24. The second-order valence-electron chi connectivity index (χ2n) is 4.28. The number of nitrogens with zero attached hydrogens (tertiary/aromatic N) is 1. The molecule has 22 heavy (non-hydrogen) atoms. The number of carbonyl (C=O) groups excluding carboxylic acids is 1. The minimum atomic E-state index is -4.95. The number of rotatable bonds is 2. The number of benzene rings is 1. The van der Waals surface area contributed by atoms with E-state index in [0.29, 0.717) is 12.3 Å². The van der Waals surface area contributed by atoms with Crippen LogP contribution in [0.15, 0.2) is 22.0 Å². The van der Waals surface area contributed by atoms with E-state index in [1.165, 1.54) is 6.92 Å². The van der Waals surface area contributed by atoms with Crippen LogP contribution in [0.3, 0.4) is 0 Å². The number of alkyl halides is 3. The van der Waals surface area contributed by atoms with Crippen LogP contribution in [0.1, 0.15) is 21.5 Å². The minimum absolute atomic E-state index is 0. The maximum absolute atomic E-state index is 13.0. The summed E-state index contributed by atoms with van der Waals surface area (Å²) in [4.78, 5) is 13.9. The van der Waals surface area contributed by atoms with Crippen LogP contribution in [0.25, 0.3) is 0 Å². The molecular formula is C11H13ClF3N3O3S. The normalized spacial score (nSPS) is 11.5. The fraction of sp³-hybridized carbons (Fsp3) is 0.273. The summed E-state index contributed by atoms with van der Waals surface area (Å²) in [6.07, 6.45) is -4.30. The molecule has 6 nitrogen and oxygen atoms in total. The van der Waals surface area contributed by atoms with Gasteiger partial charge in [-0.15, -0.1) is 12.4 Å². The van der Waals surface area contributed by atoms with Crippen molar-refractivity contribution in [2.75, 3.05) is 6.26 Å². The van der Waals surface area contributed by atoms with Crippen molar-refractivity contribution in [2.24, 2.45) is 16.5 Å². The number of sulfone groups is 1. The number of aliphatic imine (C=N–C) groups is 1. The van der Waals surface area contributed by atoms with Crippen molar-refractivity contribution in [3.8, 4) is 0 Å². The second-order valence-corrected chi connectivity index (χ2v) is 6.26. The predicted octanol–water partition coefficient (Wildman–Crippen LogP) is 1.25. The Morgan fingerprint density at radius 3 is 2.09 bits per heavy atom. The highest BCUT2D eigenvalue weighted by molar-refractivity contribution is 7.90. The summed E-state index contributed by atoms with van der Waals surface area (Å²) in [5.74, 6) is -1.70. The Kier molecular flexibility index (Phi) is 5.99. The van der Waals surface area contributed by atoms with Gasteiger partial charge in [-0.1, -0.05) is 0 Å². The molecule has 0 spiro atoms. The maximum Gasteiger partial charge on any atom is 0.417 e. The molecule has 0 aliphatic heterocycles. The molecule has 0 radical (unpaired) electrons. The quantitative estimate of drug-likeness (QED) is 0.609. The Labute approximate surface area is 130 Å². The molecule has 1 rings (SSSR count). The third-order valence-corrected chi connectivity index (χ3v) is 3.63. The van der Waals surface area contributed by atoms with Gasteiger partial charge in [-0.25, -0.2) is 8.42 Å². The standard InChI is InChI=1S/C11H12F3N3O3S.ClH/c1-5-3-8(21(2,19)20)7(11(12,13)14)4-6(5)9(18)17-10(15)16;/h3-4H,1-2H3,(H4,15,16,17,18);1H. The van der Waals surface area contributed by atoms with E-state index in [1.807, 2.05) is 0 Å². The topological polar surface area (TPSA) is 116 Å². The van der Waals surface area contributed by atoms with E-state index in [4.69, 9.17) is 11.5 Å². The number of halogens is 4. The Bertz CT molecular complexity index is 726. The van der Waals surface area contributed by atoms with Gasteiger partial charge in [0.15, 0.2) is 15.8 Å². The van der Waals surface area contributed by atoms with Crippen molar-refractivity contribution in [3.63, 3.8) is 0 Å². The highest BCUT2D eigenvalue weighted by Gasteiger charge is 2.37. The third-order valence-electron chi connectivity index (χ3n) is 2.49. The first-order valence-electron chi connectivity index (χ1n) is 5.40. The van der Waals surface area contributed by atoms with E-state index in [-0.39, 0.29) is 18.0 Å². The lowest BCUT2D eigenvalue weighted by molar-refractivity contribution is -0.139. The first-order valence-corrected chi connectivity index (χ1v) is 7.29. The molecule has 0 saturated heterocycles. The van der Waals surface area contributed by atoms with Crippen LogP contribution in [0.5, 0.6) is 0 Å². The van der Waals surface area contributed by atoms with Gasteiger partial charge < -0.3 is 11.5 Å². The zero-order valence-electron chi connectivity index (χ0n) is 11.4. The van der Waals surface area contributed by atoms with Gasteiger partial charge in [0.2, 0.25) is 0 Å². The van der Waals surface area contributed by atoms with Crippen LogP contribution < -0.4 is 11.5 Å². The van der Waals surface area contributed by atoms with Gasteiger partial charge in [0.25, 0.3) is 5.91 Å². The lowest BCUT2D eigenvalue weighted by atomic mass is 10.0. The zero-order chi connectivity index (χ0) is 16.6. The van der Waals surface area contributed by atoms with Crippen LogP contribution in [0, 0.1) is 6.92 Å². The highest BCUT2D eigenvalue weighted by Crippen LogP contribution is 2.36. The average molecular weight is 360 g/mol. The monoisotopic (exact) mass is 359 g/mol. The smallest absolute Gasteiger partial charge is 0.370 e. The molecule has 0 bridgehead atoms. The molecule has 0 heterocycles. The van der Waals surface area contributed by atoms with Gasteiger partial charge in [0.05, 0.1) is 10.5 Å². The van der Waals surface area contributed by atoms with Gasteiger partial charge in [-0.05, 0) is 24.6 Å². The average Bonchev–Trinajstić information content (AvgIpc) is 2.24. The van der Waals surface area contributed by atoms with E-state index in [2.05, 4.69) is 4.99 Å². The fourth-order valence-electron chi connectivity index (χ4n) is 1.62. The summed E-state index contributed by atoms with van der Waals surface area (Å²) >= 11 is 0. The Balaban J connectivity index is 0.00000441. The number of hydrogen-bond donors (Lipinski definition) is 2. The van der Waals surface area contributed by atoms with Crippen molar-refractivity contribution >= 4 is 34.1 Å². The molecule has 11 heteroatoms. The summed E-state index contributed by atoms with van der Waals surface area (Å²) in [6.45, 7) is 1.28. The van der Waals surface area contributed by atoms with Crippen LogP contribution in [-0.4, -0.2) is 26.5 Å². The summed E-state index contributed by atoms with van der Waals surface area (Å²) < 4.78 is 61.8. The summed E-state index contributed by atoms with van der Waals surface area (Å²) in [5, 5.41) is 0. The number of carbonyl (C=O) groups is 1. The molecule has 0 aromatic heterocycles. The summed E-state index contributed by atoms with van der Waals surface area (Å²) in [7, 11) is -4.12. The Morgan fingerprint density at radius 2 is 1.73 bits per heavy atom. The molecular weight excluding hydrogens is 347 g/mol. The van der Waals surface area contributed by atoms with Crippen molar-refractivity contribution < 1.29 is 26.4 Å². The molecule has 0 aliphatic carbocycles. The van der Waals surface area contributed by atoms with E-state index in [1.54, 1.807) is 0 Å². The van der Waals surface area contributed by atoms with E-state index in [9.17, 15) is 26.4 Å².